The molecule has 6 nitrogen and oxygen atoms in total. The quantitative estimate of drug-likeness (QED) is 0.676. The van der Waals surface area contributed by atoms with E-state index in [2.05, 4.69) is 17.2 Å². The Morgan fingerprint density at radius 1 is 1.35 bits per heavy atom. The van der Waals surface area contributed by atoms with Crippen LogP contribution in [0, 0.1) is 0 Å². The number of carbonyl (C=O) groups is 2. The molecule has 0 aliphatic heterocycles. The molecule has 1 heterocycles. The number of carbonyl (C=O) groups excluding carboxylic acids is 2. The Morgan fingerprint density at radius 3 is 2.40 bits per heavy atom. The number of hydrogen-bond donors (Lipinski definition) is 3. The molecule has 0 aliphatic rings. The van der Waals surface area contributed by atoms with E-state index in [1.807, 2.05) is 5.32 Å². The fourth-order valence-electron chi connectivity index (χ4n) is 1.31. The molecule has 0 radical (unpaired) electrons. The van der Waals surface area contributed by atoms with Crippen LogP contribution in [0.15, 0.2) is 18.5 Å². The maximum atomic E-state index is 12.7. The Kier molecular flexibility index (Phi) is 4.61. The third kappa shape index (κ3) is 3.63. The lowest BCUT2D eigenvalue weighted by Gasteiger charge is -2.16. The van der Waals surface area contributed by atoms with Gasteiger partial charge in [-0.3, -0.25) is 14.6 Å². The molecule has 0 bridgehead atoms. The molecule has 0 unspecified atom stereocenters. The second kappa shape index (κ2) is 5.82. The first kappa shape index (κ1) is 15.8. The van der Waals surface area contributed by atoms with Gasteiger partial charge >= 0.3 is 6.18 Å². The Bertz CT molecular complexity index is 548. The molecular formula is C10H9F3N4O2S. The van der Waals surface area contributed by atoms with Crippen molar-refractivity contribution >= 4 is 29.0 Å². The molecule has 0 saturated heterocycles. The third-order valence-corrected chi connectivity index (χ3v) is 2.45. The average molecular weight is 306 g/mol. The van der Waals surface area contributed by atoms with Gasteiger partial charge in [-0.1, -0.05) is 12.2 Å². The zero-order valence-electron chi connectivity index (χ0n) is 9.77. The van der Waals surface area contributed by atoms with Gasteiger partial charge in [-0.15, -0.1) is 0 Å². The minimum atomic E-state index is -4.77. The maximum absolute atomic E-state index is 12.7. The van der Waals surface area contributed by atoms with Crippen molar-refractivity contribution in [2.45, 2.75) is 12.2 Å². The number of halogens is 3. The number of amides is 2. The van der Waals surface area contributed by atoms with Crippen molar-refractivity contribution in [3.05, 3.63) is 29.6 Å². The maximum Gasteiger partial charge on any atom is 0.418 e. The fraction of sp³-hybridized carbons (Fsp3) is 0.200. The number of aromatic nitrogens is 1. The third-order valence-electron chi connectivity index (χ3n) is 2.22. The number of nitrogens with one attached hydrogen (secondary N) is 1. The van der Waals surface area contributed by atoms with Gasteiger partial charge in [0.05, 0.1) is 11.1 Å². The van der Waals surface area contributed by atoms with Crippen LogP contribution in [0.3, 0.4) is 0 Å². The van der Waals surface area contributed by atoms with Crippen molar-refractivity contribution in [2.75, 3.05) is 0 Å². The topological polar surface area (TPSA) is 111 Å². The lowest BCUT2D eigenvalue weighted by molar-refractivity contribution is -0.138. The molecule has 1 rings (SSSR count). The van der Waals surface area contributed by atoms with E-state index in [4.69, 9.17) is 11.5 Å². The van der Waals surface area contributed by atoms with E-state index in [0.717, 1.165) is 12.3 Å². The highest BCUT2D eigenvalue weighted by molar-refractivity contribution is 7.80. The summed E-state index contributed by atoms with van der Waals surface area (Å²) in [5, 5.41) is 1.94. The molecule has 2 amide bonds. The zero-order valence-corrected chi connectivity index (χ0v) is 10.6. The molecule has 0 aliphatic carbocycles. The minimum Gasteiger partial charge on any atom is -0.391 e. The second-order valence-electron chi connectivity index (χ2n) is 3.63. The van der Waals surface area contributed by atoms with Gasteiger partial charge < -0.3 is 16.8 Å². The van der Waals surface area contributed by atoms with E-state index in [1.165, 1.54) is 0 Å². The van der Waals surface area contributed by atoms with Crippen LogP contribution in [0.4, 0.5) is 13.2 Å². The summed E-state index contributed by atoms with van der Waals surface area (Å²) >= 11 is 4.50. The van der Waals surface area contributed by atoms with E-state index in [0.29, 0.717) is 6.20 Å². The summed E-state index contributed by atoms with van der Waals surface area (Å²) in [6.07, 6.45) is -3.27. The number of alkyl halides is 3. The first-order valence-corrected chi connectivity index (χ1v) is 5.46. The van der Waals surface area contributed by atoms with Gasteiger partial charge in [0.25, 0.3) is 5.91 Å². The molecule has 0 saturated carbocycles. The van der Waals surface area contributed by atoms with E-state index >= 15 is 0 Å². The number of primary amides is 1. The van der Waals surface area contributed by atoms with Gasteiger partial charge in [0.2, 0.25) is 5.91 Å². The van der Waals surface area contributed by atoms with Crippen molar-refractivity contribution in [3.63, 3.8) is 0 Å². The highest BCUT2D eigenvalue weighted by Gasteiger charge is 2.36. The van der Waals surface area contributed by atoms with Crippen molar-refractivity contribution in [1.29, 1.82) is 0 Å². The van der Waals surface area contributed by atoms with Gasteiger partial charge in [-0.2, -0.15) is 13.2 Å². The lowest BCUT2D eigenvalue weighted by atomic mass is 10.1. The molecule has 5 N–H and O–H groups in total. The molecule has 0 aromatic carbocycles. The molecule has 1 aromatic heterocycles. The summed E-state index contributed by atoms with van der Waals surface area (Å²) in [5.41, 5.74) is 8.14. The van der Waals surface area contributed by atoms with Gasteiger partial charge in [-0.05, 0) is 6.07 Å². The number of nitrogens with two attached hydrogens (primary N) is 2. The van der Waals surface area contributed by atoms with Gasteiger partial charge in [0.1, 0.15) is 4.99 Å². The van der Waals surface area contributed by atoms with Crippen molar-refractivity contribution in [3.8, 4) is 0 Å². The van der Waals surface area contributed by atoms with Gasteiger partial charge in [0, 0.05) is 12.4 Å². The number of hydrogen-bond acceptors (Lipinski definition) is 4. The molecule has 0 fully saturated rings. The summed E-state index contributed by atoms with van der Waals surface area (Å²) in [7, 11) is 0. The predicted octanol–water partition coefficient (Wildman–Crippen LogP) is -0.0298. The molecule has 108 valence electrons. The standard InChI is InChI=1S/C10H9F3N4O2S/c11-10(12,13)5-3-16-2-1-4(5)9(19)17-6(7(14)18)8(15)20/h1-3,6H,(H2,14,18)(H2,15,20)(H,17,19)/t6-/m1/s1. The molecular weight excluding hydrogens is 297 g/mol. The number of thiocarbonyl (C=S) groups is 1. The summed E-state index contributed by atoms with van der Waals surface area (Å²) in [6.45, 7) is 0. The Labute approximate surface area is 116 Å². The van der Waals surface area contributed by atoms with Crippen LogP contribution >= 0.6 is 12.2 Å². The highest BCUT2D eigenvalue weighted by atomic mass is 32.1. The van der Waals surface area contributed by atoms with E-state index < -0.39 is 40.1 Å². The van der Waals surface area contributed by atoms with Gasteiger partial charge in [0.15, 0.2) is 6.04 Å². The smallest absolute Gasteiger partial charge is 0.391 e. The van der Waals surface area contributed by atoms with Crippen molar-refractivity contribution in [2.24, 2.45) is 11.5 Å². The van der Waals surface area contributed by atoms with E-state index in [-0.39, 0.29) is 0 Å². The molecule has 10 heteroatoms. The Morgan fingerprint density at radius 2 is 1.95 bits per heavy atom. The normalized spacial score (nSPS) is 12.6. The number of rotatable bonds is 4. The van der Waals surface area contributed by atoms with Crippen LogP contribution in [0.25, 0.3) is 0 Å². The lowest BCUT2D eigenvalue weighted by Crippen LogP contribution is -2.51. The monoisotopic (exact) mass is 306 g/mol. The molecule has 20 heavy (non-hydrogen) atoms. The van der Waals surface area contributed by atoms with Crippen LogP contribution in [-0.2, 0) is 11.0 Å². The summed E-state index contributed by atoms with van der Waals surface area (Å²) < 4.78 is 38.1. The van der Waals surface area contributed by atoms with Crippen LogP contribution in [0.1, 0.15) is 15.9 Å². The number of nitrogens with zero attached hydrogens (tertiary/aromatic N) is 1. The minimum absolute atomic E-state index is 0.450. The van der Waals surface area contributed by atoms with Crippen LogP contribution in [0.5, 0.6) is 0 Å². The summed E-state index contributed by atoms with van der Waals surface area (Å²) in [4.78, 5) is 25.6. The average Bonchev–Trinajstić information content (AvgIpc) is 2.33. The van der Waals surface area contributed by atoms with Crippen molar-refractivity contribution < 1.29 is 22.8 Å². The molecule has 1 atom stereocenters. The second-order valence-corrected chi connectivity index (χ2v) is 4.10. The van der Waals surface area contributed by atoms with E-state index in [1.54, 1.807) is 0 Å². The number of pyridine rings is 1. The Hall–Kier alpha value is -2.23. The van der Waals surface area contributed by atoms with E-state index in [9.17, 15) is 22.8 Å². The SMILES string of the molecule is NC(=O)[C@@H](NC(=O)c1ccncc1C(F)(F)F)C(N)=S. The summed E-state index contributed by atoms with van der Waals surface area (Å²) in [5.74, 6) is -2.26. The summed E-state index contributed by atoms with van der Waals surface area (Å²) in [6, 6.07) is -0.678. The largest absolute Gasteiger partial charge is 0.418 e. The zero-order chi connectivity index (χ0) is 15.5. The van der Waals surface area contributed by atoms with Gasteiger partial charge in [-0.25, -0.2) is 0 Å². The van der Waals surface area contributed by atoms with Crippen LogP contribution in [0.2, 0.25) is 0 Å². The fourth-order valence-corrected chi connectivity index (χ4v) is 1.48. The molecule has 0 spiro atoms. The first-order valence-electron chi connectivity index (χ1n) is 5.05. The Balaban J connectivity index is 3.10. The molecule has 1 aromatic rings. The van der Waals surface area contributed by atoms with Crippen LogP contribution < -0.4 is 16.8 Å². The van der Waals surface area contributed by atoms with Crippen molar-refractivity contribution in [1.82, 2.24) is 10.3 Å². The highest BCUT2D eigenvalue weighted by Crippen LogP contribution is 2.31. The van der Waals surface area contributed by atoms with Crippen LogP contribution in [-0.4, -0.2) is 27.8 Å². The first-order chi connectivity index (χ1) is 9.14. The predicted molar refractivity (Wildman–Crippen MR) is 66.5 cm³/mol.